The summed E-state index contributed by atoms with van der Waals surface area (Å²) >= 11 is 0. The predicted molar refractivity (Wildman–Crippen MR) is 224 cm³/mol. The smallest absolute Gasteiger partial charge is 0.0998 e. The van der Waals surface area contributed by atoms with Gasteiger partial charge in [-0.3, -0.25) is 0 Å². The fourth-order valence-electron chi connectivity index (χ4n) is 8.70. The topological polar surface area (TPSA) is 62.4 Å². The van der Waals surface area contributed by atoms with Crippen molar-refractivity contribution in [2.24, 2.45) is 0 Å². The van der Waals surface area contributed by atoms with Gasteiger partial charge in [-0.2, -0.15) is 10.5 Å². The molecule has 3 heterocycles. The lowest BCUT2D eigenvalue weighted by Crippen LogP contribution is -1.98. The zero-order valence-electron chi connectivity index (χ0n) is 29.5. The first-order chi connectivity index (χ1) is 27.2. The van der Waals surface area contributed by atoms with E-state index >= 15 is 0 Å². The number of benzene rings is 8. The lowest BCUT2D eigenvalue weighted by Gasteiger charge is -2.14. The molecule has 11 rings (SSSR count). The molecule has 0 aliphatic rings. The van der Waals surface area contributed by atoms with Crippen molar-refractivity contribution in [1.82, 2.24) is 13.7 Å². The molecular weight excluding hydrogens is 671 g/mol. The molecule has 0 saturated carbocycles. The molecule has 254 valence electrons. The first-order valence-electron chi connectivity index (χ1n) is 18.3. The highest BCUT2D eigenvalue weighted by Crippen LogP contribution is 2.38. The fraction of sp³-hybridized carbons (Fsp3) is 0. The molecule has 0 N–H and O–H groups in total. The highest BCUT2D eigenvalue weighted by molar-refractivity contribution is 6.12. The normalized spacial score (nSPS) is 11.6. The van der Waals surface area contributed by atoms with Crippen molar-refractivity contribution in [3.63, 3.8) is 0 Å². The Bertz CT molecular complexity index is 3400. The van der Waals surface area contributed by atoms with E-state index in [-0.39, 0.29) is 0 Å². The Kier molecular flexibility index (Phi) is 6.61. The quantitative estimate of drug-likeness (QED) is 0.184. The van der Waals surface area contributed by atoms with Crippen LogP contribution in [-0.2, 0) is 0 Å². The van der Waals surface area contributed by atoms with Gasteiger partial charge >= 0.3 is 0 Å². The van der Waals surface area contributed by atoms with Gasteiger partial charge in [0.25, 0.3) is 0 Å². The standard InChI is InChI=1S/C50H29N5/c51-30-32-17-26-49-44(27-32)41-12-4-8-16-48(41)54(49)36-23-20-34(31-52)43(28-36)33-18-21-35(22-19-33)53-45-13-5-3-11-40(45)42-25-24-37(29-50(42)53)55-46-14-6-1-9-38(46)39-10-2-7-15-47(39)55/h1-29H. The third-order valence-corrected chi connectivity index (χ3v) is 11.1. The summed E-state index contributed by atoms with van der Waals surface area (Å²) in [6, 6.07) is 66.0. The minimum Gasteiger partial charge on any atom is -0.309 e. The van der Waals surface area contributed by atoms with Crippen molar-refractivity contribution in [3.8, 4) is 40.3 Å². The van der Waals surface area contributed by atoms with Gasteiger partial charge in [-0.15, -0.1) is 0 Å². The Morgan fingerprint density at radius 3 is 1.35 bits per heavy atom. The van der Waals surface area contributed by atoms with Gasteiger partial charge in [0.2, 0.25) is 0 Å². The van der Waals surface area contributed by atoms with E-state index in [4.69, 9.17) is 0 Å². The first kappa shape index (κ1) is 30.7. The number of rotatable bonds is 4. The predicted octanol–water partition coefficient (Wildman–Crippen LogP) is 12.4. The molecular formula is C50H29N5. The maximum atomic E-state index is 10.3. The summed E-state index contributed by atoms with van der Waals surface area (Å²) in [6.07, 6.45) is 0. The van der Waals surface area contributed by atoms with Gasteiger partial charge in [-0.1, -0.05) is 91.0 Å². The molecule has 0 fully saturated rings. The van der Waals surface area contributed by atoms with Gasteiger partial charge in [-0.05, 0) is 90.5 Å². The van der Waals surface area contributed by atoms with E-state index in [0.29, 0.717) is 11.1 Å². The number of nitriles is 2. The summed E-state index contributed by atoms with van der Waals surface area (Å²) in [5.74, 6) is 0. The van der Waals surface area contributed by atoms with Crippen LogP contribution in [0.3, 0.4) is 0 Å². The average molecular weight is 700 g/mol. The van der Waals surface area contributed by atoms with Crippen LogP contribution in [0, 0.1) is 22.7 Å². The van der Waals surface area contributed by atoms with Crippen molar-refractivity contribution >= 4 is 65.4 Å². The van der Waals surface area contributed by atoms with Crippen LogP contribution in [0.4, 0.5) is 0 Å². The summed E-state index contributed by atoms with van der Waals surface area (Å²) in [5.41, 5.74) is 12.8. The zero-order valence-corrected chi connectivity index (χ0v) is 29.5. The molecule has 5 nitrogen and oxygen atoms in total. The minimum absolute atomic E-state index is 0.608. The highest BCUT2D eigenvalue weighted by Gasteiger charge is 2.18. The van der Waals surface area contributed by atoms with E-state index in [2.05, 4.69) is 159 Å². The van der Waals surface area contributed by atoms with Gasteiger partial charge in [0.1, 0.15) is 0 Å². The summed E-state index contributed by atoms with van der Waals surface area (Å²) in [7, 11) is 0. The van der Waals surface area contributed by atoms with E-state index in [1.165, 1.54) is 32.6 Å². The second kappa shape index (κ2) is 11.8. The number of para-hydroxylation sites is 4. The van der Waals surface area contributed by atoms with Gasteiger partial charge in [0.15, 0.2) is 0 Å². The molecule has 0 spiro atoms. The maximum Gasteiger partial charge on any atom is 0.0998 e. The number of fused-ring (bicyclic) bond motifs is 9. The minimum atomic E-state index is 0.608. The van der Waals surface area contributed by atoms with Crippen molar-refractivity contribution < 1.29 is 0 Å². The van der Waals surface area contributed by atoms with Crippen molar-refractivity contribution in [2.45, 2.75) is 0 Å². The third kappa shape index (κ3) is 4.51. The first-order valence-corrected chi connectivity index (χ1v) is 18.3. The highest BCUT2D eigenvalue weighted by atomic mass is 15.0. The molecule has 0 radical (unpaired) electrons. The summed E-state index contributed by atoms with van der Waals surface area (Å²) in [5, 5.41) is 26.9. The van der Waals surface area contributed by atoms with Gasteiger partial charge in [0.05, 0.1) is 56.4 Å². The van der Waals surface area contributed by atoms with Crippen molar-refractivity contribution in [3.05, 3.63) is 187 Å². The zero-order chi connectivity index (χ0) is 36.6. The van der Waals surface area contributed by atoms with E-state index in [0.717, 1.165) is 61.0 Å². The molecule has 0 bridgehead atoms. The average Bonchev–Trinajstić information content (AvgIpc) is 3.88. The molecule has 0 atom stereocenters. The molecule has 0 amide bonds. The van der Waals surface area contributed by atoms with Crippen LogP contribution in [0.2, 0.25) is 0 Å². The van der Waals surface area contributed by atoms with Crippen LogP contribution in [0.15, 0.2) is 176 Å². The number of aromatic nitrogens is 3. The molecule has 0 aliphatic carbocycles. The largest absolute Gasteiger partial charge is 0.309 e. The van der Waals surface area contributed by atoms with Crippen LogP contribution in [0.5, 0.6) is 0 Å². The number of hydrogen-bond donors (Lipinski definition) is 0. The Labute approximate surface area is 316 Å². The lowest BCUT2D eigenvalue weighted by molar-refractivity contribution is 1.15. The summed E-state index contributed by atoms with van der Waals surface area (Å²) in [6.45, 7) is 0. The Hall–Kier alpha value is -7.86. The molecule has 55 heavy (non-hydrogen) atoms. The SMILES string of the molecule is N#Cc1ccc2c(c1)c1ccccc1n2-c1ccc(C#N)c(-c2ccc(-n3c4ccccc4c4ccc(-n5c6ccccc6c6ccccc65)cc43)cc2)c1. The van der Waals surface area contributed by atoms with E-state index in [9.17, 15) is 10.5 Å². The monoisotopic (exact) mass is 699 g/mol. The van der Waals surface area contributed by atoms with Gasteiger partial charge in [-0.25, -0.2) is 0 Å². The molecule has 0 aliphatic heterocycles. The fourth-order valence-corrected chi connectivity index (χ4v) is 8.70. The second-order valence-corrected chi connectivity index (χ2v) is 14.0. The van der Waals surface area contributed by atoms with Crippen LogP contribution in [0.1, 0.15) is 11.1 Å². The van der Waals surface area contributed by atoms with Gasteiger partial charge in [0, 0.05) is 54.9 Å². The van der Waals surface area contributed by atoms with E-state index in [1.54, 1.807) is 0 Å². The Balaban J connectivity index is 1.07. The molecule has 5 heteroatoms. The van der Waals surface area contributed by atoms with E-state index in [1.807, 2.05) is 42.5 Å². The molecule has 11 aromatic rings. The third-order valence-electron chi connectivity index (χ3n) is 11.1. The molecule has 0 saturated heterocycles. The molecule has 8 aromatic carbocycles. The second-order valence-electron chi connectivity index (χ2n) is 14.0. The molecule has 0 unspecified atom stereocenters. The van der Waals surface area contributed by atoms with Crippen LogP contribution in [-0.4, -0.2) is 13.7 Å². The summed E-state index contributed by atoms with van der Waals surface area (Å²) < 4.78 is 6.93. The lowest BCUT2D eigenvalue weighted by atomic mass is 9.99. The van der Waals surface area contributed by atoms with Gasteiger partial charge < -0.3 is 13.7 Å². The summed E-state index contributed by atoms with van der Waals surface area (Å²) in [4.78, 5) is 0. The molecule has 3 aromatic heterocycles. The Morgan fingerprint density at radius 1 is 0.327 bits per heavy atom. The number of hydrogen-bond acceptors (Lipinski definition) is 2. The van der Waals surface area contributed by atoms with Crippen LogP contribution in [0.25, 0.3) is 93.6 Å². The van der Waals surface area contributed by atoms with E-state index < -0.39 is 0 Å². The van der Waals surface area contributed by atoms with Crippen molar-refractivity contribution in [2.75, 3.05) is 0 Å². The Morgan fingerprint density at radius 2 is 0.782 bits per heavy atom. The van der Waals surface area contributed by atoms with Crippen LogP contribution < -0.4 is 0 Å². The van der Waals surface area contributed by atoms with Crippen LogP contribution >= 0.6 is 0 Å². The number of nitrogens with zero attached hydrogens (tertiary/aromatic N) is 5. The van der Waals surface area contributed by atoms with Crippen molar-refractivity contribution in [1.29, 1.82) is 10.5 Å². The maximum absolute atomic E-state index is 10.3.